The van der Waals surface area contributed by atoms with Gasteiger partial charge in [0.2, 0.25) is 6.19 Å². The van der Waals surface area contributed by atoms with Crippen molar-refractivity contribution in [2.75, 3.05) is 6.61 Å². The highest BCUT2D eigenvalue weighted by Gasteiger charge is 2.21. The van der Waals surface area contributed by atoms with Crippen LogP contribution in [-0.2, 0) is 9.53 Å². The van der Waals surface area contributed by atoms with Crippen LogP contribution < -0.4 is 0 Å². The quantitative estimate of drug-likeness (QED) is 0.452. The number of carbonyl (C=O) groups is 1. The summed E-state index contributed by atoms with van der Waals surface area (Å²) in [5, 5.41) is 8.67. The van der Waals surface area contributed by atoms with Crippen LogP contribution in [0.5, 0.6) is 0 Å². The highest BCUT2D eigenvalue weighted by atomic mass is 16.5. The number of ether oxygens (including phenoxy) is 1. The molecule has 0 amide bonds. The van der Waals surface area contributed by atoms with Gasteiger partial charge in [0.1, 0.15) is 0 Å². The molecule has 0 bridgehead atoms. The van der Waals surface area contributed by atoms with Crippen LogP contribution in [-0.4, -0.2) is 18.3 Å². The molecule has 0 aromatic heterocycles. The van der Waals surface area contributed by atoms with Gasteiger partial charge in [0.15, 0.2) is 0 Å². The van der Waals surface area contributed by atoms with Crippen LogP contribution in [0, 0.1) is 17.4 Å². The second-order valence-corrected chi connectivity index (χ2v) is 3.44. The van der Waals surface area contributed by atoms with E-state index in [2.05, 4.69) is 4.99 Å². The van der Waals surface area contributed by atoms with E-state index >= 15 is 0 Å². The number of nitrogens with zero attached hydrogens (tertiary/aromatic N) is 2. The molecule has 0 spiro atoms. The Hall–Kier alpha value is -2.15. The number of nitriles is 1. The van der Waals surface area contributed by atoms with Gasteiger partial charge in [0.05, 0.1) is 18.2 Å². The van der Waals surface area contributed by atoms with Crippen molar-refractivity contribution in [3.8, 4) is 6.19 Å². The molecule has 0 aliphatic carbocycles. The lowest BCUT2D eigenvalue weighted by molar-refractivity contribution is -0.145. The maximum atomic E-state index is 11.6. The lowest BCUT2D eigenvalue weighted by Gasteiger charge is -2.12. The third-order valence-electron chi connectivity index (χ3n) is 2.29. The molecule has 4 nitrogen and oxygen atoms in total. The summed E-state index contributed by atoms with van der Waals surface area (Å²) in [6, 6.07) is 9.15. The Kier molecular flexibility index (Phi) is 4.89. The van der Waals surface area contributed by atoms with Crippen molar-refractivity contribution in [1.29, 1.82) is 5.26 Å². The van der Waals surface area contributed by atoms with E-state index in [0.717, 1.165) is 5.56 Å². The van der Waals surface area contributed by atoms with E-state index < -0.39 is 5.92 Å². The molecule has 0 heterocycles. The van der Waals surface area contributed by atoms with Gasteiger partial charge >= 0.3 is 5.97 Å². The predicted molar refractivity (Wildman–Crippen MR) is 64.4 cm³/mol. The Morgan fingerprint density at radius 3 is 2.65 bits per heavy atom. The van der Waals surface area contributed by atoms with Crippen LogP contribution >= 0.6 is 0 Å². The van der Waals surface area contributed by atoms with E-state index in [1.54, 1.807) is 20.0 Å². The van der Waals surface area contributed by atoms with Crippen molar-refractivity contribution in [2.24, 2.45) is 10.9 Å². The Morgan fingerprint density at radius 1 is 1.47 bits per heavy atom. The molecule has 17 heavy (non-hydrogen) atoms. The summed E-state index contributed by atoms with van der Waals surface area (Å²) in [6.45, 7) is 3.74. The maximum Gasteiger partial charge on any atom is 0.314 e. The van der Waals surface area contributed by atoms with Crippen molar-refractivity contribution < 1.29 is 9.53 Å². The van der Waals surface area contributed by atoms with Crippen molar-refractivity contribution in [3.63, 3.8) is 0 Å². The van der Waals surface area contributed by atoms with E-state index in [0.29, 0.717) is 12.3 Å². The van der Waals surface area contributed by atoms with Crippen molar-refractivity contribution in [2.45, 2.75) is 13.8 Å². The second kappa shape index (κ2) is 6.44. The zero-order valence-corrected chi connectivity index (χ0v) is 9.88. The molecule has 1 aromatic carbocycles. The van der Waals surface area contributed by atoms with Crippen molar-refractivity contribution in [1.82, 2.24) is 0 Å². The predicted octanol–water partition coefficient (Wildman–Crippen LogP) is 2.16. The number of hydrogen-bond acceptors (Lipinski definition) is 4. The maximum absolute atomic E-state index is 11.6. The van der Waals surface area contributed by atoms with E-state index in [1.807, 2.05) is 30.3 Å². The number of hydrogen-bond donors (Lipinski definition) is 0. The molecular formula is C13H14N2O2. The first kappa shape index (κ1) is 12.9. The molecule has 1 unspecified atom stereocenters. The summed E-state index contributed by atoms with van der Waals surface area (Å²) < 4.78 is 4.92. The monoisotopic (exact) mass is 230 g/mol. The van der Waals surface area contributed by atoms with Crippen molar-refractivity contribution >= 4 is 11.7 Å². The lowest BCUT2D eigenvalue weighted by atomic mass is 9.98. The number of benzene rings is 1. The third kappa shape index (κ3) is 3.42. The minimum atomic E-state index is -0.544. The molecule has 4 heteroatoms. The summed E-state index contributed by atoms with van der Waals surface area (Å²) in [7, 11) is 0. The van der Waals surface area contributed by atoms with Gasteiger partial charge in [-0.2, -0.15) is 10.3 Å². The summed E-state index contributed by atoms with van der Waals surface area (Å²) in [6.07, 6.45) is 1.72. The van der Waals surface area contributed by atoms with E-state index in [9.17, 15) is 4.79 Å². The molecule has 1 rings (SSSR count). The first-order valence-electron chi connectivity index (χ1n) is 5.39. The summed E-state index contributed by atoms with van der Waals surface area (Å²) in [4.78, 5) is 15.3. The fraction of sp³-hybridized carbons (Fsp3) is 0.308. The minimum absolute atomic E-state index is 0.317. The van der Waals surface area contributed by atoms with Gasteiger partial charge in [0, 0.05) is 0 Å². The van der Waals surface area contributed by atoms with Gasteiger partial charge in [-0.05, 0) is 19.4 Å². The van der Waals surface area contributed by atoms with Crippen LogP contribution in [0.2, 0.25) is 0 Å². The number of aliphatic imine (C=N–C) groups is 1. The minimum Gasteiger partial charge on any atom is -0.465 e. The highest BCUT2D eigenvalue weighted by molar-refractivity contribution is 6.11. The van der Waals surface area contributed by atoms with Crippen LogP contribution in [0.4, 0.5) is 0 Å². The Bertz CT molecular complexity index is 446. The zero-order chi connectivity index (χ0) is 12.7. The molecule has 0 N–H and O–H groups in total. The Balaban J connectivity index is 3.00. The normalized spacial score (nSPS) is 12.6. The smallest absolute Gasteiger partial charge is 0.314 e. The molecule has 1 atom stereocenters. The number of esters is 1. The average molecular weight is 230 g/mol. The van der Waals surface area contributed by atoms with Gasteiger partial charge in [-0.15, -0.1) is 0 Å². The van der Waals surface area contributed by atoms with Crippen LogP contribution in [0.1, 0.15) is 19.4 Å². The van der Waals surface area contributed by atoms with E-state index in [1.165, 1.54) is 0 Å². The molecule has 0 saturated carbocycles. The fourth-order valence-corrected chi connectivity index (χ4v) is 1.45. The lowest BCUT2D eigenvalue weighted by Crippen LogP contribution is -2.24. The topological polar surface area (TPSA) is 62.4 Å². The number of rotatable bonds is 4. The zero-order valence-electron chi connectivity index (χ0n) is 9.88. The van der Waals surface area contributed by atoms with Gasteiger partial charge < -0.3 is 4.74 Å². The Labute approximate surface area is 101 Å². The molecule has 0 saturated heterocycles. The van der Waals surface area contributed by atoms with Gasteiger partial charge in [-0.25, -0.2) is 0 Å². The molecule has 1 aromatic rings. The average Bonchev–Trinajstić information content (AvgIpc) is 2.36. The van der Waals surface area contributed by atoms with Crippen LogP contribution in [0.25, 0.3) is 0 Å². The first-order valence-corrected chi connectivity index (χ1v) is 5.39. The van der Waals surface area contributed by atoms with Gasteiger partial charge in [-0.3, -0.25) is 4.79 Å². The van der Waals surface area contributed by atoms with Crippen LogP contribution in [0.3, 0.4) is 0 Å². The summed E-state index contributed by atoms with van der Waals surface area (Å²) >= 11 is 0. The first-order chi connectivity index (χ1) is 8.20. The Morgan fingerprint density at radius 2 is 2.12 bits per heavy atom. The second-order valence-electron chi connectivity index (χ2n) is 3.44. The molecule has 0 radical (unpaired) electrons. The largest absolute Gasteiger partial charge is 0.465 e. The number of carbonyl (C=O) groups excluding carboxylic acids is 1. The fourth-order valence-electron chi connectivity index (χ4n) is 1.45. The van der Waals surface area contributed by atoms with E-state index in [-0.39, 0.29) is 5.97 Å². The summed E-state index contributed by atoms with van der Waals surface area (Å²) in [5.41, 5.74) is 1.20. The van der Waals surface area contributed by atoms with Gasteiger partial charge in [-0.1, -0.05) is 30.3 Å². The highest BCUT2D eigenvalue weighted by Crippen LogP contribution is 2.11. The SMILES string of the molecule is CCOC(=O)C(C)C(=NC#N)c1ccccc1. The molecule has 0 fully saturated rings. The van der Waals surface area contributed by atoms with Crippen LogP contribution in [0.15, 0.2) is 35.3 Å². The van der Waals surface area contributed by atoms with E-state index in [4.69, 9.17) is 10.00 Å². The molecular weight excluding hydrogens is 216 g/mol. The summed E-state index contributed by atoms with van der Waals surface area (Å²) in [5.74, 6) is -0.914. The molecule has 0 aliphatic rings. The standard InChI is InChI=1S/C13H14N2O2/c1-3-17-13(16)10(2)12(15-9-14)11-7-5-4-6-8-11/h4-8,10H,3H2,1-2H3. The molecule has 0 aliphatic heterocycles. The van der Waals surface area contributed by atoms with Crippen molar-refractivity contribution in [3.05, 3.63) is 35.9 Å². The third-order valence-corrected chi connectivity index (χ3v) is 2.29. The van der Waals surface area contributed by atoms with Gasteiger partial charge in [0.25, 0.3) is 0 Å². The molecule has 88 valence electrons.